The molecule has 4 nitrogen and oxygen atoms in total. The van der Waals surface area contributed by atoms with E-state index in [4.69, 9.17) is 10.5 Å². The molecule has 1 aromatic rings. The van der Waals surface area contributed by atoms with E-state index in [9.17, 15) is 9.18 Å². The van der Waals surface area contributed by atoms with E-state index in [1.807, 2.05) is 20.8 Å². The molecular weight excluding hydrogens is 271 g/mol. The highest BCUT2D eigenvalue weighted by Crippen LogP contribution is 2.25. The maximum Gasteiger partial charge on any atom is 0.410 e. The zero-order valence-corrected chi connectivity index (χ0v) is 12.9. The first-order valence-corrected chi connectivity index (χ1v) is 7.26. The van der Waals surface area contributed by atoms with Gasteiger partial charge in [0.2, 0.25) is 0 Å². The molecule has 1 saturated heterocycles. The topological polar surface area (TPSA) is 55.6 Å². The monoisotopic (exact) mass is 294 g/mol. The van der Waals surface area contributed by atoms with Crippen LogP contribution in [0.15, 0.2) is 18.2 Å². The minimum absolute atomic E-state index is 0.267. The van der Waals surface area contributed by atoms with E-state index in [2.05, 4.69) is 0 Å². The summed E-state index contributed by atoms with van der Waals surface area (Å²) >= 11 is 0. The van der Waals surface area contributed by atoms with Crippen LogP contribution < -0.4 is 5.73 Å². The Morgan fingerprint density at radius 2 is 2.19 bits per heavy atom. The van der Waals surface area contributed by atoms with Crippen LogP contribution in [0.1, 0.15) is 32.8 Å². The number of ether oxygens (including phenoxy) is 1. The molecule has 1 unspecified atom stereocenters. The van der Waals surface area contributed by atoms with Gasteiger partial charge in [-0.1, -0.05) is 6.07 Å². The van der Waals surface area contributed by atoms with Crippen molar-refractivity contribution < 1.29 is 13.9 Å². The summed E-state index contributed by atoms with van der Waals surface area (Å²) in [6.45, 7) is 6.93. The van der Waals surface area contributed by atoms with Gasteiger partial charge in [-0.05, 0) is 57.2 Å². The van der Waals surface area contributed by atoms with E-state index < -0.39 is 5.60 Å². The number of carbonyl (C=O) groups is 1. The first-order valence-electron chi connectivity index (χ1n) is 7.26. The van der Waals surface area contributed by atoms with Crippen LogP contribution in [0.2, 0.25) is 0 Å². The standard InChI is InChI=1S/C16H23FN2O2/c1-16(2,3)21-15(20)19-7-6-11(10-19)8-12-4-5-13(17)9-14(12)18/h4-5,9,11H,6-8,10,18H2,1-3H3. The van der Waals surface area contributed by atoms with Crippen molar-refractivity contribution in [3.05, 3.63) is 29.6 Å². The summed E-state index contributed by atoms with van der Waals surface area (Å²) in [5, 5.41) is 0. The Morgan fingerprint density at radius 3 is 2.81 bits per heavy atom. The van der Waals surface area contributed by atoms with Crippen molar-refractivity contribution >= 4 is 11.8 Å². The lowest BCUT2D eigenvalue weighted by Gasteiger charge is -2.24. The van der Waals surface area contributed by atoms with Gasteiger partial charge in [0.05, 0.1) is 0 Å². The SMILES string of the molecule is CC(C)(C)OC(=O)N1CCC(Cc2ccc(F)cc2N)C1. The second-order valence-electron chi connectivity index (χ2n) is 6.63. The second kappa shape index (κ2) is 5.92. The number of nitrogens with two attached hydrogens (primary N) is 1. The van der Waals surface area contributed by atoms with Gasteiger partial charge in [-0.15, -0.1) is 0 Å². The smallest absolute Gasteiger partial charge is 0.410 e. The molecule has 2 N–H and O–H groups in total. The quantitative estimate of drug-likeness (QED) is 0.852. The van der Waals surface area contributed by atoms with Crippen LogP contribution in [0, 0.1) is 11.7 Å². The summed E-state index contributed by atoms with van der Waals surface area (Å²) in [5.74, 6) is 0.0170. The van der Waals surface area contributed by atoms with Crippen LogP contribution in [0.3, 0.4) is 0 Å². The van der Waals surface area contributed by atoms with Crippen LogP contribution in [0.25, 0.3) is 0 Å². The number of likely N-dealkylation sites (tertiary alicyclic amines) is 1. The minimum Gasteiger partial charge on any atom is -0.444 e. The first kappa shape index (κ1) is 15.6. The Labute approximate surface area is 125 Å². The molecule has 1 heterocycles. The molecule has 21 heavy (non-hydrogen) atoms. The van der Waals surface area contributed by atoms with Gasteiger partial charge in [-0.25, -0.2) is 9.18 Å². The molecule has 0 saturated carbocycles. The fourth-order valence-electron chi connectivity index (χ4n) is 2.55. The van der Waals surface area contributed by atoms with Crippen molar-refractivity contribution in [2.75, 3.05) is 18.8 Å². The van der Waals surface area contributed by atoms with Crippen molar-refractivity contribution in [3.63, 3.8) is 0 Å². The Morgan fingerprint density at radius 1 is 1.48 bits per heavy atom. The summed E-state index contributed by atoms with van der Waals surface area (Å²) in [5.41, 5.74) is 6.77. The van der Waals surface area contributed by atoms with E-state index >= 15 is 0 Å². The first-order chi connectivity index (χ1) is 9.74. The number of hydrogen-bond acceptors (Lipinski definition) is 3. The molecular formula is C16H23FN2O2. The Bertz CT molecular complexity index is 525. The molecule has 116 valence electrons. The maximum atomic E-state index is 13.0. The minimum atomic E-state index is -0.476. The molecule has 1 aliphatic heterocycles. The van der Waals surface area contributed by atoms with E-state index in [0.717, 1.165) is 18.4 Å². The lowest BCUT2D eigenvalue weighted by atomic mass is 9.97. The van der Waals surface area contributed by atoms with Crippen molar-refractivity contribution in [3.8, 4) is 0 Å². The van der Waals surface area contributed by atoms with Crippen LogP contribution in [0.4, 0.5) is 14.9 Å². The number of hydrogen-bond donors (Lipinski definition) is 1. The van der Waals surface area contributed by atoms with Crippen LogP contribution in [0.5, 0.6) is 0 Å². The van der Waals surface area contributed by atoms with Gasteiger partial charge >= 0.3 is 6.09 Å². The largest absolute Gasteiger partial charge is 0.444 e. The zero-order valence-electron chi connectivity index (χ0n) is 12.9. The molecule has 1 atom stereocenters. The van der Waals surface area contributed by atoms with Gasteiger partial charge in [-0.3, -0.25) is 0 Å². The summed E-state index contributed by atoms with van der Waals surface area (Å²) in [7, 11) is 0. The fraction of sp³-hybridized carbons (Fsp3) is 0.562. The van der Waals surface area contributed by atoms with Crippen LogP contribution >= 0.6 is 0 Å². The zero-order chi connectivity index (χ0) is 15.6. The van der Waals surface area contributed by atoms with Gasteiger partial charge in [0, 0.05) is 18.8 Å². The summed E-state index contributed by atoms with van der Waals surface area (Å²) < 4.78 is 18.4. The highest BCUT2D eigenvalue weighted by atomic mass is 19.1. The average Bonchev–Trinajstić information content (AvgIpc) is 2.79. The van der Waals surface area contributed by atoms with Crippen molar-refractivity contribution in [1.29, 1.82) is 0 Å². The van der Waals surface area contributed by atoms with E-state index in [-0.39, 0.29) is 11.9 Å². The lowest BCUT2D eigenvalue weighted by Crippen LogP contribution is -2.35. The highest BCUT2D eigenvalue weighted by Gasteiger charge is 2.29. The normalized spacial score (nSPS) is 18.9. The Hall–Kier alpha value is -1.78. The highest BCUT2D eigenvalue weighted by molar-refractivity contribution is 5.68. The van der Waals surface area contributed by atoms with E-state index in [1.54, 1.807) is 11.0 Å². The van der Waals surface area contributed by atoms with Crippen molar-refractivity contribution in [1.82, 2.24) is 4.90 Å². The molecule has 2 rings (SSSR count). The molecule has 1 fully saturated rings. The Kier molecular flexibility index (Phi) is 4.40. The Balaban J connectivity index is 1.92. The summed E-state index contributed by atoms with van der Waals surface area (Å²) in [6, 6.07) is 4.49. The molecule has 5 heteroatoms. The average molecular weight is 294 g/mol. The number of anilines is 1. The third-order valence-corrected chi connectivity index (χ3v) is 3.55. The molecule has 1 amide bonds. The number of amides is 1. The third kappa shape index (κ3) is 4.34. The number of halogens is 1. The van der Waals surface area contributed by atoms with E-state index in [0.29, 0.717) is 24.7 Å². The summed E-state index contributed by atoms with van der Waals surface area (Å²) in [6.07, 6.45) is 1.40. The van der Waals surface area contributed by atoms with Gasteiger partial charge < -0.3 is 15.4 Å². The van der Waals surface area contributed by atoms with Crippen molar-refractivity contribution in [2.45, 2.75) is 39.2 Å². The number of rotatable bonds is 2. The molecule has 0 radical (unpaired) electrons. The van der Waals surface area contributed by atoms with Crippen LogP contribution in [-0.2, 0) is 11.2 Å². The molecule has 1 aliphatic rings. The summed E-state index contributed by atoms with van der Waals surface area (Å²) in [4.78, 5) is 13.7. The third-order valence-electron chi connectivity index (χ3n) is 3.55. The molecule has 0 aromatic heterocycles. The van der Waals surface area contributed by atoms with Gasteiger partial charge in [0.25, 0.3) is 0 Å². The predicted octanol–water partition coefficient (Wildman–Crippen LogP) is 3.21. The number of carbonyl (C=O) groups excluding carboxylic acids is 1. The van der Waals surface area contributed by atoms with Gasteiger partial charge in [-0.2, -0.15) is 0 Å². The van der Waals surface area contributed by atoms with Gasteiger partial charge in [0.1, 0.15) is 11.4 Å². The molecule has 0 spiro atoms. The molecule has 0 bridgehead atoms. The second-order valence-corrected chi connectivity index (χ2v) is 6.63. The fourth-order valence-corrected chi connectivity index (χ4v) is 2.55. The maximum absolute atomic E-state index is 13.0. The van der Waals surface area contributed by atoms with Gasteiger partial charge in [0.15, 0.2) is 0 Å². The number of nitrogen functional groups attached to an aromatic ring is 1. The lowest BCUT2D eigenvalue weighted by molar-refractivity contribution is 0.0288. The van der Waals surface area contributed by atoms with Crippen LogP contribution in [-0.4, -0.2) is 29.7 Å². The molecule has 1 aromatic carbocycles. The van der Waals surface area contributed by atoms with Crippen molar-refractivity contribution in [2.24, 2.45) is 5.92 Å². The molecule has 0 aliphatic carbocycles. The predicted molar refractivity (Wildman–Crippen MR) is 80.4 cm³/mol. The number of benzene rings is 1. The number of nitrogens with zero attached hydrogens (tertiary/aromatic N) is 1. The van der Waals surface area contributed by atoms with E-state index in [1.165, 1.54) is 12.1 Å².